The van der Waals surface area contributed by atoms with E-state index in [9.17, 15) is 19.8 Å². The van der Waals surface area contributed by atoms with Crippen LogP contribution >= 0.6 is 0 Å². The molecule has 1 unspecified atom stereocenters. The van der Waals surface area contributed by atoms with E-state index >= 15 is 0 Å². The lowest BCUT2D eigenvalue weighted by Gasteiger charge is -2.50. The number of benzene rings is 1. The minimum Gasteiger partial charge on any atom is -0.507 e. The lowest BCUT2D eigenvalue weighted by atomic mass is 9.63. The van der Waals surface area contributed by atoms with Crippen LogP contribution < -0.4 is 4.74 Å². The third-order valence-electron chi connectivity index (χ3n) is 6.44. The summed E-state index contributed by atoms with van der Waals surface area (Å²) in [6.45, 7) is 10.6. The largest absolute Gasteiger partial charge is 0.507 e. The Bertz CT molecular complexity index is 823. The van der Waals surface area contributed by atoms with Crippen LogP contribution in [0.5, 0.6) is 17.2 Å². The molecule has 0 saturated carbocycles. The SMILES string of the molecule is CC(C)C[C@H]1c2c(O)c(C=O)c(O)c(C=O)c2O[C@@]2(C)C=CC(C(C)C)C[C@@H]12. The van der Waals surface area contributed by atoms with E-state index < -0.39 is 11.4 Å². The van der Waals surface area contributed by atoms with Crippen LogP contribution in [0.25, 0.3) is 0 Å². The fourth-order valence-electron chi connectivity index (χ4n) is 4.86. The van der Waals surface area contributed by atoms with E-state index in [2.05, 4.69) is 39.8 Å². The molecule has 5 heteroatoms. The summed E-state index contributed by atoms with van der Waals surface area (Å²) in [5.74, 6) is 0.638. The van der Waals surface area contributed by atoms with Gasteiger partial charge in [0, 0.05) is 11.5 Å². The van der Waals surface area contributed by atoms with Crippen molar-refractivity contribution in [1.82, 2.24) is 0 Å². The lowest BCUT2D eigenvalue weighted by molar-refractivity contribution is 0.00795. The number of allylic oxidation sites excluding steroid dienone is 1. The number of hydrogen-bond donors (Lipinski definition) is 2. The van der Waals surface area contributed by atoms with Crippen LogP contribution in [0.3, 0.4) is 0 Å². The van der Waals surface area contributed by atoms with Crippen LogP contribution in [0.2, 0.25) is 0 Å². The van der Waals surface area contributed by atoms with Gasteiger partial charge in [-0.05, 0) is 49.5 Å². The highest BCUT2D eigenvalue weighted by atomic mass is 16.5. The molecule has 1 aromatic rings. The minimum absolute atomic E-state index is 0.0669. The van der Waals surface area contributed by atoms with Gasteiger partial charge in [0.1, 0.15) is 22.8 Å². The Balaban J connectivity index is 2.28. The summed E-state index contributed by atoms with van der Waals surface area (Å²) in [6, 6.07) is 0. The molecule has 0 saturated heterocycles. The van der Waals surface area contributed by atoms with Crippen LogP contribution in [-0.2, 0) is 0 Å². The maximum absolute atomic E-state index is 11.8. The molecule has 152 valence electrons. The Morgan fingerprint density at radius 1 is 1.14 bits per heavy atom. The normalized spacial score (nSPS) is 28.6. The smallest absolute Gasteiger partial charge is 0.157 e. The number of fused-ring (bicyclic) bond motifs is 2. The van der Waals surface area contributed by atoms with Crippen LogP contribution in [0.15, 0.2) is 12.2 Å². The molecule has 1 aliphatic heterocycles. The number of carbonyl (C=O) groups is 2. The van der Waals surface area contributed by atoms with E-state index in [1.165, 1.54) is 0 Å². The van der Waals surface area contributed by atoms with Gasteiger partial charge < -0.3 is 14.9 Å². The predicted octanol–water partition coefficient (Wildman–Crippen LogP) is 4.85. The first-order valence-corrected chi connectivity index (χ1v) is 10.0. The van der Waals surface area contributed by atoms with Crippen molar-refractivity contribution in [2.75, 3.05) is 0 Å². The van der Waals surface area contributed by atoms with Crippen molar-refractivity contribution in [3.63, 3.8) is 0 Å². The lowest BCUT2D eigenvalue weighted by Crippen LogP contribution is -2.49. The van der Waals surface area contributed by atoms with E-state index in [-0.39, 0.29) is 34.5 Å². The van der Waals surface area contributed by atoms with Crippen LogP contribution in [0.1, 0.15) is 79.7 Å². The van der Waals surface area contributed by atoms with E-state index in [1.807, 2.05) is 6.92 Å². The number of ether oxygens (including phenoxy) is 1. The molecular formula is C23H30O5. The Labute approximate surface area is 166 Å². The molecule has 5 nitrogen and oxygen atoms in total. The van der Waals surface area contributed by atoms with Crippen molar-refractivity contribution in [2.24, 2.45) is 23.7 Å². The van der Waals surface area contributed by atoms with Gasteiger partial charge in [-0.25, -0.2) is 0 Å². The maximum Gasteiger partial charge on any atom is 0.157 e. The van der Waals surface area contributed by atoms with Gasteiger partial charge in [0.05, 0.1) is 11.1 Å². The zero-order valence-corrected chi connectivity index (χ0v) is 17.2. The fourth-order valence-corrected chi connectivity index (χ4v) is 4.86. The Morgan fingerprint density at radius 2 is 1.79 bits per heavy atom. The van der Waals surface area contributed by atoms with E-state index in [1.54, 1.807) is 0 Å². The molecule has 0 fully saturated rings. The molecule has 0 radical (unpaired) electrons. The second-order valence-electron chi connectivity index (χ2n) is 9.13. The molecule has 4 atom stereocenters. The van der Waals surface area contributed by atoms with Crippen molar-refractivity contribution in [3.8, 4) is 17.2 Å². The number of carbonyl (C=O) groups excluding carboxylic acids is 2. The maximum atomic E-state index is 11.8. The highest BCUT2D eigenvalue weighted by Crippen LogP contribution is 2.58. The number of aromatic hydroxyl groups is 2. The van der Waals surface area contributed by atoms with Gasteiger partial charge in [-0.1, -0.05) is 33.8 Å². The zero-order valence-electron chi connectivity index (χ0n) is 17.2. The first-order valence-electron chi connectivity index (χ1n) is 10.0. The summed E-state index contributed by atoms with van der Waals surface area (Å²) >= 11 is 0. The van der Waals surface area contributed by atoms with Crippen LogP contribution in [0.4, 0.5) is 0 Å². The molecule has 0 amide bonds. The number of hydrogen-bond acceptors (Lipinski definition) is 5. The van der Waals surface area contributed by atoms with Gasteiger partial charge in [-0.15, -0.1) is 0 Å². The summed E-state index contributed by atoms with van der Waals surface area (Å²) in [7, 11) is 0. The standard InChI is InChI=1S/C23H30O5/c1-12(2)8-15-18-9-14(13(3)4)6-7-23(18,5)28-22-17(11-25)20(26)16(10-24)21(27)19(15)22/h6-7,10-15,18,26-27H,8-9H2,1-5H3/t14?,15-,18+,23+/m1/s1. The quantitative estimate of drug-likeness (QED) is 0.558. The third kappa shape index (κ3) is 3.11. The van der Waals surface area contributed by atoms with Gasteiger partial charge in [-0.2, -0.15) is 0 Å². The van der Waals surface area contributed by atoms with Gasteiger partial charge in [0.2, 0.25) is 0 Å². The van der Waals surface area contributed by atoms with E-state index in [0.717, 1.165) is 12.8 Å². The van der Waals surface area contributed by atoms with Crippen LogP contribution in [-0.4, -0.2) is 28.4 Å². The Morgan fingerprint density at radius 3 is 2.32 bits per heavy atom. The molecular weight excluding hydrogens is 356 g/mol. The van der Waals surface area contributed by atoms with Crippen molar-refractivity contribution in [1.29, 1.82) is 0 Å². The Hall–Kier alpha value is -2.30. The van der Waals surface area contributed by atoms with Gasteiger partial charge >= 0.3 is 0 Å². The van der Waals surface area contributed by atoms with Gasteiger partial charge in [-0.3, -0.25) is 9.59 Å². The van der Waals surface area contributed by atoms with Crippen molar-refractivity contribution < 1.29 is 24.5 Å². The summed E-state index contributed by atoms with van der Waals surface area (Å²) in [4.78, 5) is 23.3. The summed E-state index contributed by atoms with van der Waals surface area (Å²) in [5.41, 5.74) is -0.468. The minimum atomic E-state index is -0.642. The zero-order chi connectivity index (χ0) is 20.8. The highest BCUT2D eigenvalue weighted by Gasteiger charge is 2.50. The Kier molecular flexibility index (Phi) is 5.30. The molecule has 1 aromatic carbocycles. The molecule has 0 spiro atoms. The van der Waals surface area contributed by atoms with E-state index in [4.69, 9.17) is 4.74 Å². The predicted molar refractivity (Wildman–Crippen MR) is 107 cm³/mol. The highest BCUT2D eigenvalue weighted by molar-refractivity contribution is 5.95. The topological polar surface area (TPSA) is 83.8 Å². The van der Waals surface area contributed by atoms with Gasteiger partial charge in [0.15, 0.2) is 12.6 Å². The average molecular weight is 386 g/mol. The van der Waals surface area contributed by atoms with Crippen LogP contribution in [0, 0.1) is 23.7 Å². The van der Waals surface area contributed by atoms with Crippen molar-refractivity contribution in [3.05, 3.63) is 28.8 Å². The summed E-state index contributed by atoms with van der Waals surface area (Å²) < 4.78 is 6.29. The molecule has 1 aliphatic carbocycles. The molecule has 0 bridgehead atoms. The third-order valence-corrected chi connectivity index (χ3v) is 6.44. The molecule has 28 heavy (non-hydrogen) atoms. The molecule has 0 aromatic heterocycles. The average Bonchev–Trinajstić information content (AvgIpc) is 2.60. The van der Waals surface area contributed by atoms with Gasteiger partial charge in [0.25, 0.3) is 0 Å². The number of aldehydes is 2. The second-order valence-corrected chi connectivity index (χ2v) is 9.13. The number of phenols is 2. The first kappa shape index (κ1) is 20.4. The second kappa shape index (κ2) is 7.26. The number of rotatable bonds is 5. The molecule has 2 aliphatic rings. The number of phenolic OH excluding ortho intramolecular Hbond substituents is 2. The van der Waals surface area contributed by atoms with E-state index in [0.29, 0.717) is 35.9 Å². The molecule has 1 heterocycles. The van der Waals surface area contributed by atoms with Crippen molar-refractivity contribution >= 4 is 12.6 Å². The monoisotopic (exact) mass is 386 g/mol. The molecule has 2 N–H and O–H groups in total. The summed E-state index contributed by atoms with van der Waals surface area (Å²) in [5, 5.41) is 21.2. The first-order chi connectivity index (χ1) is 13.1. The fraction of sp³-hybridized carbons (Fsp3) is 0.565. The van der Waals surface area contributed by atoms with Crippen molar-refractivity contribution in [2.45, 2.75) is 59.0 Å². The molecule has 3 rings (SSSR count). The summed E-state index contributed by atoms with van der Waals surface area (Å²) in [6.07, 6.45) is 6.83.